The van der Waals surface area contributed by atoms with Crippen molar-refractivity contribution < 1.29 is 9.36 Å². The Balaban J connectivity index is 2.19. The fraction of sp³-hybridized carbons (Fsp3) is 0.238. The number of hydrogen-bond donors (Lipinski definition) is 0. The maximum atomic E-state index is 13.1. The fourth-order valence-corrected chi connectivity index (χ4v) is 2.78. The predicted molar refractivity (Wildman–Crippen MR) is 93.5 cm³/mol. The Morgan fingerprint density at radius 2 is 1.57 bits per heavy atom. The van der Waals surface area contributed by atoms with Gasteiger partial charge in [-0.25, -0.2) is 0 Å². The van der Waals surface area contributed by atoms with Gasteiger partial charge in [0.25, 0.3) is 5.69 Å². The molecular weight excluding hydrogens is 282 g/mol. The van der Waals surface area contributed by atoms with Crippen molar-refractivity contribution in [2.45, 2.75) is 27.3 Å². The lowest BCUT2D eigenvalue weighted by Gasteiger charge is -2.16. The van der Waals surface area contributed by atoms with Gasteiger partial charge in [0.15, 0.2) is 12.7 Å². The first-order valence-electron chi connectivity index (χ1n) is 7.97. The zero-order valence-electron chi connectivity index (χ0n) is 13.9. The molecule has 3 aromatic rings. The molecule has 23 heavy (non-hydrogen) atoms. The highest BCUT2D eigenvalue weighted by molar-refractivity contribution is 6.07. The zero-order chi connectivity index (χ0) is 16.4. The predicted octanol–water partition coefficient (Wildman–Crippen LogP) is 4.40. The quantitative estimate of drug-likeness (QED) is 0.519. The monoisotopic (exact) mass is 304 g/mol. The number of Topliss-reactive ketones (excluding diaryl/α,β-unsaturated/α-hetero) is 1. The molecule has 0 unspecified atom stereocenters. The lowest BCUT2D eigenvalue weighted by Crippen LogP contribution is -2.43. The van der Waals surface area contributed by atoms with Crippen LogP contribution in [-0.4, -0.2) is 5.78 Å². The Bertz CT molecular complexity index is 845. The van der Waals surface area contributed by atoms with Gasteiger partial charge in [-0.15, -0.1) is 0 Å². The highest BCUT2D eigenvalue weighted by atomic mass is 16.1. The second kappa shape index (κ2) is 5.96. The van der Waals surface area contributed by atoms with Gasteiger partial charge in [0, 0.05) is 17.0 Å². The van der Waals surface area contributed by atoms with Gasteiger partial charge in [0.1, 0.15) is 0 Å². The minimum absolute atomic E-state index is 0.172. The van der Waals surface area contributed by atoms with Crippen molar-refractivity contribution in [2.24, 2.45) is 5.41 Å². The number of rotatable bonds is 3. The van der Waals surface area contributed by atoms with Crippen molar-refractivity contribution in [1.29, 1.82) is 0 Å². The van der Waals surface area contributed by atoms with Gasteiger partial charge in [-0.2, -0.15) is 4.57 Å². The Labute approximate surface area is 137 Å². The van der Waals surface area contributed by atoms with Crippen LogP contribution < -0.4 is 4.57 Å². The summed E-state index contributed by atoms with van der Waals surface area (Å²) in [5.74, 6) is 0.172. The Morgan fingerprint density at radius 1 is 0.913 bits per heavy atom. The van der Waals surface area contributed by atoms with Gasteiger partial charge in [-0.3, -0.25) is 4.79 Å². The molecule has 0 aliphatic heterocycles. The molecule has 2 nitrogen and oxygen atoms in total. The summed E-state index contributed by atoms with van der Waals surface area (Å²) in [5, 5.41) is 2.12. The van der Waals surface area contributed by atoms with Crippen LogP contribution in [0.25, 0.3) is 10.8 Å². The van der Waals surface area contributed by atoms with Gasteiger partial charge in [0.05, 0.1) is 5.39 Å². The number of carbonyl (C=O) groups excluding carboxylic acids is 1. The van der Waals surface area contributed by atoms with E-state index in [4.69, 9.17) is 0 Å². The molecule has 0 bridgehead atoms. The molecule has 0 radical (unpaired) electrons. The van der Waals surface area contributed by atoms with Crippen LogP contribution in [0.3, 0.4) is 0 Å². The van der Waals surface area contributed by atoms with Gasteiger partial charge in [-0.1, -0.05) is 69.3 Å². The number of carbonyl (C=O) groups is 1. The van der Waals surface area contributed by atoms with Crippen molar-refractivity contribution in [3.8, 4) is 0 Å². The van der Waals surface area contributed by atoms with Crippen molar-refractivity contribution in [1.82, 2.24) is 0 Å². The summed E-state index contributed by atoms with van der Waals surface area (Å²) in [4.78, 5) is 13.1. The normalized spacial score (nSPS) is 11.6. The third-order valence-corrected chi connectivity index (χ3v) is 4.03. The van der Waals surface area contributed by atoms with E-state index in [0.717, 1.165) is 16.5 Å². The molecule has 0 saturated heterocycles. The van der Waals surface area contributed by atoms with Crippen LogP contribution in [0.4, 0.5) is 0 Å². The highest BCUT2D eigenvalue weighted by Crippen LogP contribution is 2.24. The third kappa shape index (κ3) is 3.16. The summed E-state index contributed by atoms with van der Waals surface area (Å²) >= 11 is 0. The molecule has 1 heterocycles. The first-order chi connectivity index (χ1) is 11.0. The molecule has 2 heteroatoms. The van der Waals surface area contributed by atoms with Crippen LogP contribution in [0.2, 0.25) is 0 Å². The molecule has 2 aromatic carbocycles. The minimum Gasteiger partial charge on any atom is -0.287 e. The Morgan fingerprint density at radius 3 is 2.26 bits per heavy atom. The molecule has 116 valence electrons. The van der Waals surface area contributed by atoms with Gasteiger partial charge in [0.2, 0.25) is 5.78 Å². The number of nitrogens with zero attached hydrogens (tertiary/aromatic N) is 1. The van der Waals surface area contributed by atoms with Crippen molar-refractivity contribution in [3.63, 3.8) is 0 Å². The summed E-state index contributed by atoms with van der Waals surface area (Å²) in [6.45, 7) is 6.63. The molecule has 0 aliphatic carbocycles. The van der Waals surface area contributed by atoms with Crippen LogP contribution in [0.5, 0.6) is 0 Å². The molecule has 0 atom stereocenters. The molecule has 0 spiro atoms. The maximum Gasteiger partial charge on any atom is 0.257 e. The van der Waals surface area contributed by atoms with Crippen molar-refractivity contribution in [3.05, 3.63) is 78.1 Å². The van der Waals surface area contributed by atoms with Crippen LogP contribution in [0.1, 0.15) is 36.8 Å². The average molecular weight is 304 g/mol. The minimum atomic E-state index is -0.414. The van der Waals surface area contributed by atoms with Gasteiger partial charge >= 0.3 is 0 Å². The van der Waals surface area contributed by atoms with E-state index in [2.05, 4.69) is 28.8 Å². The van der Waals surface area contributed by atoms with Crippen molar-refractivity contribution in [2.75, 3.05) is 0 Å². The molecule has 0 amide bonds. The molecule has 0 N–H and O–H groups in total. The molecule has 1 aromatic heterocycles. The van der Waals surface area contributed by atoms with E-state index >= 15 is 0 Å². The standard InChI is InChI=1S/C21H22NO/c1-21(2,3)20(23)19-18-12-8-7-11-17(18)13-14-22(19)15-16-9-5-4-6-10-16/h4-14H,15H2,1-3H3/q+1. The molecule has 0 saturated carbocycles. The molecule has 3 rings (SSSR count). The van der Waals surface area contributed by atoms with Crippen LogP contribution in [-0.2, 0) is 6.54 Å². The largest absolute Gasteiger partial charge is 0.287 e. The van der Waals surface area contributed by atoms with E-state index in [1.165, 1.54) is 5.56 Å². The number of aromatic nitrogens is 1. The zero-order valence-corrected chi connectivity index (χ0v) is 13.9. The van der Waals surface area contributed by atoms with E-state index in [9.17, 15) is 4.79 Å². The van der Waals surface area contributed by atoms with Crippen LogP contribution in [0, 0.1) is 5.41 Å². The number of hydrogen-bond acceptors (Lipinski definition) is 1. The van der Waals surface area contributed by atoms with E-state index in [1.54, 1.807) is 0 Å². The second-order valence-electron chi connectivity index (χ2n) is 6.94. The SMILES string of the molecule is CC(C)(C)C(=O)c1c2ccccc2cc[n+]1Cc1ccccc1. The van der Waals surface area contributed by atoms with E-state index < -0.39 is 5.41 Å². The van der Waals surface area contributed by atoms with Gasteiger partial charge < -0.3 is 0 Å². The summed E-state index contributed by atoms with van der Waals surface area (Å²) in [5.41, 5.74) is 1.57. The van der Waals surface area contributed by atoms with Gasteiger partial charge in [-0.05, 0) is 11.5 Å². The van der Waals surface area contributed by atoms with Crippen LogP contribution >= 0.6 is 0 Å². The maximum absolute atomic E-state index is 13.1. The number of pyridine rings is 1. The first-order valence-corrected chi connectivity index (χ1v) is 7.97. The number of ketones is 1. The molecular formula is C21H22NO+. The highest BCUT2D eigenvalue weighted by Gasteiger charge is 2.32. The number of fused-ring (bicyclic) bond motifs is 1. The summed E-state index contributed by atoms with van der Waals surface area (Å²) in [6, 6.07) is 20.4. The third-order valence-electron chi connectivity index (χ3n) is 4.03. The van der Waals surface area contributed by atoms with E-state index in [-0.39, 0.29) is 5.78 Å². The number of benzene rings is 2. The van der Waals surface area contributed by atoms with E-state index in [0.29, 0.717) is 6.54 Å². The van der Waals surface area contributed by atoms with E-state index in [1.807, 2.05) is 63.4 Å². The summed E-state index contributed by atoms with van der Waals surface area (Å²) in [6.07, 6.45) is 2.02. The lowest BCUT2D eigenvalue weighted by molar-refractivity contribution is -0.689. The lowest BCUT2D eigenvalue weighted by atomic mass is 9.87. The van der Waals surface area contributed by atoms with Crippen LogP contribution in [0.15, 0.2) is 66.9 Å². The topological polar surface area (TPSA) is 20.9 Å². The summed E-state index contributed by atoms with van der Waals surface area (Å²) in [7, 11) is 0. The second-order valence-corrected chi connectivity index (χ2v) is 6.94. The first kappa shape index (κ1) is 15.4. The Kier molecular flexibility index (Phi) is 3.99. The Hall–Kier alpha value is -2.48. The molecule has 0 aliphatic rings. The summed E-state index contributed by atoms with van der Waals surface area (Å²) < 4.78 is 2.07. The fourth-order valence-electron chi connectivity index (χ4n) is 2.78. The average Bonchev–Trinajstić information content (AvgIpc) is 2.54. The van der Waals surface area contributed by atoms with Crippen molar-refractivity contribution >= 4 is 16.6 Å². The molecule has 0 fully saturated rings. The smallest absolute Gasteiger partial charge is 0.257 e.